The number of pyridine rings is 1. The molecular formula is C9H10N2. The first-order chi connectivity index (χ1) is 5.24. The van der Waals surface area contributed by atoms with Crippen LogP contribution in [0.1, 0.15) is 24.1 Å². The summed E-state index contributed by atoms with van der Waals surface area (Å²) < 4.78 is 0. The number of aromatic nitrogens is 1. The molecule has 1 rings (SSSR count). The number of hydrogen-bond donors (Lipinski definition) is 0. The molecule has 56 valence electrons. The first-order valence-electron chi connectivity index (χ1n) is 3.56. The van der Waals surface area contributed by atoms with E-state index in [0.29, 0.717) is 0 Å². The van der Waals surface area contributed by atoms with Crippen LogP contribution in [0.25, 0.3) is 0 Å². The van der Waals surface area contributed by atoms with Crippen LogP contribution >= 0.6 is 0 Å². The molecule has 1 unspecified atom stereocenters. The average molecular weight is 146 g/mol. The molecule has 11 heavy (non-hydrogen) atoms. The smallest absolute Gasteiger partial charge is 0.0700 e. The van der Waals surface area contributed by atoms with Crippen LogP contribution in [0.5, 0.6) is 0 Å². The summed E-state index contributed by atoms with van der Waals surface area (Å²) in [4.78, 5) is 4.05. The van der Waals surface area contributed by atoms with Gasteiger partial charge in [0.1, 0.15) is 0 Å². The summed E-state index contributed by atoms with van der Waals surface area (Å²) >= 11 is 0. The van der Waals surface area contributed by atoms with Crippen LogP contribution in [-0.4, -0.2) is 4.98 Å². The maximum absolute atomic E-state index is 8.61. The van der Waals surface area contributed by atoms with Gasteiger partial charge in [0.2, 0.25) is 0 Å². The molecule has 0 radical (unpaired) electrons. The van der Waals surface area contributed by atoms with Gasteiger partial charge >= 0.3 is 0 Å². The van der Waals surface area contributed by atoms with E-state index in [2.05, 4.69) is 11.1 Å². The molecule has 2 heteroatoms. The molecule has 0 fully saturated rings. The minimum absolute atomic E-state index is 0.0308. The lowest BCUT2D eigenvalue weighted by atomic mass is 10.0. The minimum Gasteiger partial charge on any atom is -0.262 e. The molecule has 0 spiro atoms. The van der Waals surface area contributed by atoms with Crippen molar-refractivity contribution < 1.29 is 0 Å². The molecule has 1 heterocycles. The molecule has 0 saturated heterocycles. The van der Waals surface area contributed by atoms with E-state index in [1.54, 1.807) is 6.20 Å². The normalized spacial score (nSPS) is 12.1. The molecule has 0 amide bonds. The van der Waals surface area contributed by atoms with E-state index in [1.165, 1.54) is 0 Å². The highest BCUT2D eigenvalue weighted by atomic mass is 14.6. The quantitative estimate of drug-likeness (QED) is 0.607. The summed E-state index contributed by atoms with van der Waals surface area (Å²) in [7, 11) is 0. The Kier molecular flexibility index (Phi) is 2.22. The predicted octanol–water partition coefficient (Wildman–Crippen LogP) is 2.02. The van der Waals surface area contributed by atoms with Gasteiger partial charge in [0, 0.05) is 11.9 Å². The van der Waals surface area contributed by atoms with Gasteiger partial charge in [-0.2, -0.15) is 5.26 Å². The average Bonchev–Trinajstić information content (AvgIpc) is 2.03. The Hall–Kier alpha value is -1.36. The van der Waals surface area contributed by atoms with Crippen molar-refractivity contribution in [3.8, 4) is 6.07 Å². The van der Waals surface area contributed by atoms with Gasteiger partial charge in [0.15, 0.2) is 0 Å². The van der Waals surface area contributed by atoms with Gasteiger partial charge in [0.25, 0.3) is 0 Å². The maximum atomic E-state index is 8.61. The molecule has 0 aliphatic heterocycles. The van der Waals surface area contributed by atoms with E-state index in [4.69, 9.17) is 5.26 Å². The van der Waals surface area contributed by atoms with Crippen molar-refractivity contribution in [1.82, 2.24) is 4.98 Å². The molecule has 1 aromatic heterocycles. The lowest BCUT2D eigenvalue weighted by molar-refractivity contribution is 0.966. The van der Waals surface area contributed by atoms with Gasteiger partial charge in [0.05, 0.1) is 12.0 Å². The molecular weight excluding hydrogens is 136 g/mol. The summed E-state index contributed by atoms with van der Waals surface area (Å²) in [6.45, 7) is 3.81. The van der Waals surface area contributed by atoms with Gasteiger partial charge in [-0.1, -0.05) is 0 Å². The molecule has 2 nitrogen and oxygen atoms in total. The van der Waals surface area contributed by atoms with Gasteiger partial charge in [-0.3, -0.25) is 4.98 Å². The lowest BCUT2D eigenvalue weighted by Crippen LogP contribution is -1.90. The molecule has 0 aliphatic rings. The second-order valence-corrected chi connectivity index (χ2v) is 2.58. The fourth-order valence-electron chi connectivity index (χ4n) is 0.911. The minimum atomic E-state index is -0.0308. The summed E-state index contributed by atoms with van der Waals surface area (Å²) in [5.41, 5.74) is 2.00. The zero-order valence-electron chi connectivity index (χ0n) is 6.70. The predicted molar refractivity (Wildman–Crippen MR) is 43.0 cm³/mol. The molecule has 0 saturated carbocycles. The van der Waals surface area contributed by atoms with Gasteiger partial charge in [-0.15, -0.1) is 0 Å². The fourth-order valence-corrected chi connectivity index (χ4v) is 0.911. The molecule has 0 N–H and O–H groups in total. The number of nitriles is 1. The highest BCUT2D eigenvalue weighted by Gasteiger charge is 2.02. The third kappa shape index (κ3) is 1.78. The highest BCUT2D eigenvalue weighted by Crippen LogP contribution is 2.13. The topological polar surface area (TPSA) is 36.7 Å². The van der Waals surface area contributed by atoms with Crippen molar-refractivity contribution in [2.24, 2.45) is 0 Å². The third-order valence-corrected chi connectivity index (χ3v) is 1.61. The zero-order chi connectivity index (χ0) is 8.27. The van der Waals surface area contributed by atoms with Crippen LogP contribution in [0.2, 0.25) is 0 Å². The number of nitrogens with zero attached hydrogens (tertiary/aromatic N) is 2. The number of hydrogen-bond acceptors (Lipinski definition) is 2. The van der Waals surface area contributed by atoms with Crippen molar-refractivity contribution in [3.05, 3.63) is 29.6 Å². The Bertz CT molecular complexity index is 286. The zero-order valence-corrected chi connectivity index (χ0v) is 6.70. The van der Waals surface area contributed by atoms with E-state index in [9.17, 15) is 0 Å². The van der Waals surface area contributed by atoms with Crippen molar-refractivity contribution in [1.29, 1.82) is 5.26 Å². The SMILES string of the molecule is Cc1cc(C(C)C#N)ccn1. The maximum Gasteiger partial charge on any atom is 0.0700 e. The van der Waals surface area contributed by atoms with Gasteiger partial charge in [-0.05, 0) is 31.5 Å². The Morgan fingerprint density at radius 2 is 2.36 bits per heavy atom. The second-order valence-electron chi connectivity index (χ2n) is 2.58. The monoisotopic (exact) mass is 146 g/mol. The van der Waals surface area contributed by atoms with E-state index in [1.807, 2.05) is 26.0 Å². The lowest BCUT2D eigenvalue weighted by Gasteiger charge is -2.01. The Labute approximate surface area is 66.5 Å². The van der Waals surface area contributed by atoms with Crippen molar-refractivity contribution >= 4 is 0 Å². The van der Waals surface area contributed by atoms with E-state index < -0.39 is 0 Å². The highest BCUT2D eigenvalue weighted by molar-refractivity contribution is 5.23. The van der Waals surface area contributed by atoms with Crippen LogP contribution in [0.4, 0.5) is 0 Å². The Morgan fingerprint density at radius 1 is 1.64 bits per heavy atom. The first-order valence-corrected chi connectivity index (χ1v) is 3.56. The summed E-state index contributed by atoms with van der Waals surface area (Å²) in [6, 6.07) is 5.99. The van der Waals surface area contributed by atoms with Crippen LogP contribution < -0.4 is 0 Å². The van der Waals surface area contributed by atoms with Gasteiger partial charge in [-0.25, -0.2) is 0 Å². The molecule has 0 bridgehead atoms. The van der Waals surface area contributed by atoms with Crippen LogP contribution in [0, 0.1) is 18.3 Å². The Balaban J connectivity index is 2.98. The first kappa shape index (κ1) is 7.74. The summed E-state index contributed by atoms with van der Waals surface area (Å²) in [5.74, 6) is -0.0308. The third-order valence-electron chi connectivity index (χ3n) is 1.61. The number of rotatable bonds is 1. The Morgan fingerprint density at radius 3 is 2.91 bits per heavy atom. The van der Waals surface area contributed by atoms with E-state index in [0.717, 1.165) is 11.3 Å². The van der Waals surface area contributed by atoms with Crippen molar-refractivity contribution in [2.75, 3.05) is 0 Å². The second kappa shape index (κ2) is 3.16. The standard InChI is InChI=1S/C9H10N2/c1-7(6-10)9-3-4-11-8(2)5-9/h3-5,7H,1-2H3. The summed E-state index contributed by atoms with van der Waals surface area (Å²) in [5, 5.41) is 8.61. The van der Waals surface area contributed by atoms with Crippen LogP contribution in [-0.2, 0) is 0 Å². The molecule has 1 atom stereocenters. The van der Waals surface area contributed by atoms with E-state index in [-0.39, 0.29) is 5.92 Å². The molecule has 1 aromatic rings. The van der Waals surface area contributed by atoms with Gasteiger partial charge < -0.3 is 0 Å². The largest absolute Gasteiger partial charge is 0.262 e. The van der Waals surface area contributed by atoms with Crippen LogP contribution in [0.3, 0.4) is 0 Å². The number of aryl methyl sites for hydroxylation is 1. The fraction of sp³-hybridized carbons (Fsp3) is 0.333. The van der Waals surface area contributed by atoms with E-state index >= 15 is 0 Å². The van der Waals surface area contributed by atoms with Crippen molar-refractivity contribution in [2.45, 2.75) is 19.8 Å². The van der Waals surface area contributed by atoms with Crippen LogP contribution in [0.15, 0.2) is 18.3 Å². The summed E-state index contributed by atoms with van der Waals surface area (Å²) in [6.07, 6.45) is 1.73. The van der Waals surface area contributed by atoms with Crippen molar-refractivity contribution in [3.63, 3.8) is 0 Å². The molecule has 0 aliphatic carbocycles. The molecule has 0 aromatic carbocycles.